The molecule has 2 aromatic carbocycles. The summed E-state index contributed by atoms with van der Waals surface area (Å²) in [5.41, 5.74) is 2.23. The average molecular weight is 274 g/mol. The van der Waals surface area contributed by atoms with Gasteiger partial charge < -0.3 is 20.4 Å². The highest BCUT2D eigenvalue weighted by Gasteiger charge is 2.10. The normalized spacial score (nSPS) is 10.5. The molecule has 0 saturated heterocycles. The fourth-order valence-corrected chi connectivity index (χ4v) is 1.97. The zero-order chi connectivity index (χ0) is 14.7. The summed E-state index contributed by atoms with van der Waals surface area (Å²) >= 11 is 0. The first-order valence-electron chi connectivity index (χ1n) is 5.97. The van der Waals surface area contributed by atoms with E-state index in [1.807, 2.05) is 0 Å². The smallest absolute Gasteiger partial charge is 0.335 e. The number of aromatic carboxylic acids is 1. The number of phenols is 1. The summed E-state index contributed by atoms with van der Waals surface area (Å²) in [7, 11) is 0. The maximum absolute atomic E-state index is 10.8. The van der Waals surface area contributed by atoms with Gasteiger partial charge in [-0.25, -0.2) is 4.79 Å². The van der Waals surface area contributed by atoms with Crippen LogP contribution in [0.3, 0.4) is 0 Å². The molecule has 2 rings (SSSR count). The third-order valence-corrected chi connectivity index (χ3v) is 3.07. The molecule has 104 valence electrons. The number of rotatable bonds is 4. The minimum absolute atomic E-state index is 0.124. The number of hydrogen-bond acceptors (Lipinski definition) is 4. The van der Waals surface area contributed by atoms with E-state index in [0.29, 0.717) is 16.7 Å². The summed E-state index contributed by atoms with van der Waals surface area (Å²) in [6.07, 6.45) is 0. The summed E-state index contributed by atoms with van der Waals surface area (Å²) in [6, 6.07) is 9.42. The number of hydrogen-bond donors (Lipinski definition) is 4. The second-order valence-electron chi connectivity index (χ2n) is 4.34. The summed E-state index contributed by atoms with van der Waals surface area (Å²) in [5.74, 6) is -1.13. The number of aliphatic hydroxyl groups excluding tert-OH is 2. The number of benzene rings is 2. The van der Waals surface area contributed by atoms with Gasteiger partial charge in [0.15, 0.2) is 0 Å². The van der Waals surface area contributed by atoms with Gasteiger partial charge in [0.2, 0.25) is 0 Å². The number of carboxylic acids is 1. The van der Waals surface area contributed by atoms with Gasteiger partial charge in [-0.1, -0.05) is 12.1 Å². The standard InChI is InChI=1S/C15H14O5/c16-7-12-5-11(6-13(8-17)14(12)18)9-1-3-10(4-2-9)15(19)20/h1-6,16-18H,7-8H2,(H,19,20). The Kier molecular flexibility index (Phi) is 4.02. The highest BCUT2D eigenvalue weighted by molar-refractivity contribution is 5.88. The number of aromatic hydroxyl groups is 1. The summed E-state index contributed by atoms with van der Waals surface area (Å²) in [6.45, 7) is -0.695. The molecule has 0 radical (unpaired) electrons. The second kappa shape index (κ2) is 5.73. The van der Waals surface area contributed by atoms with Gasteiger partial charge >= 0.3 is 5.97 Å². The van der Waals surface area contributed by atoms with Gasteiger partial charge in [-0.2, -0.15) is 0 Å². The Morgan fingerprint density at radius 2 is 1.40 bits per heavy atom. The lowest BCUT2D eigenvalue weighted by molar-refractivity contribution is 0.0697. The summed E-state index contributed by atoms with van der Waals surface area (Å²) < 4.78 is 0. The highest BCUT2D eigenvalue weighted by atomic mass is 16.4. The molecule has 0 atom stereocenters. The Hall–Kier alpha value is -2.37. The topological polar surface area (TPSA) is 98.0 Å². The van der Waals surface area contributed by atoms with Crippen LogP contribution in [0, 0.1) is 0 Å². The molecule has 0 unspecified atom stereocenters. The third kappa shape index (κ3) is 2.64. The molecule has 20 heavy (non-hydrogen) atoms. The maximum Gasteiger partial charge on any atom is 0.335 e. The Morgan fingerprint density at radius 3 is 1.80 bits per heavy atom. The van der Waals surface area contributed by atoms with Gasteiger partial charge in [0, 0.05) is 11.1 Å². The lowest BCUT2D eigenvalue weighted by Crippen LogP contribution is -1.96. The van der Waals surface area contributed by atoms with E-state index in [1.165, 1.54) is 12.1 Å². The zero-order valence-electron chi connectivity index (χ0n) is 10.6. The van der Waals surface area contributed by atoms with Crippen LogP contribution < -0.4 is 0 Å². The Balaban J connectivity index is 2.49. The lowest BCUT2D eigenvalue weighted by Gasteiger charge is -2.10. The van der Waals surface area contributed by atoms with Crippen LogP contribution in [0.2, 0.25) is 0 Å². The van der Waals surface area contributed by atoms with Gasteiger partial charge in [0.25, 0.3) is 0 Å². The SMILES string of the molecule is O=C(O)c1ccc(-c2cc(CO)c(O)c(CO)c2)cc1. The van der Waals surface area contributed by atoms with Gasteiger partial charge in [-0.3, -0.25) is 0 Å². The molecule has 0 heterocycles. The first-order valence-corrected chi connectivity index (χ1v) is 5.97. The first kappa shape index (κ1) is 14.0. The fraction of sp³-hybridized carbons (Fsp3) is 0.133. The van der Waals surface area contributed by atoms with Crippen molar-refractivity contribution in [1.29, 1.82) is 0 Å². The molecule has 2 aromatic rings. The van der Waals surface area contributed by atoms with Crippen LogP contribution in [0.25, 0.3) is 11.1 Å². The molecule has 0 aliphatic rings. The molecule has 0 aliphatic carbocycles. The predicted octanol–water partition coefficient (Wildman–Crippen LogP) is 1.74. The molecular weight excluding hydrogens is 260 g/mol. The molecule has 0 fully saturated rings. The minimum Gasteiger partial charge on any atom is -0.507 e. The van der Waals surface area contributed by atoms with Crippen molar-refractivity contribution in [2.24, 2.45) is 0 Å². The van der Waals surface area contributed by atoms with E-state index in [0.717, 1.165) is 5.56 Å². The molecule has 0 amide bonds. The highest BCUT2D eigenvalue weighted by Crippen LogP contribution is 2.30. The van der Waals surface area contributed by atoms with Crippen molar-refractivity contribution in [3.8, 4) is 16.9 Å². The van der Waals surface area contributed by atoms with Gasteiger partial charge in [0.05, 0.1) is 18.8 Å². The molecule has 0 aromatic heterocycles. The third-order valence-electron chi connectivity index (χ3n) is 3.07. The molecule has 0 saturated carbocycles. The molecule has 0 aliphatic heterocycles. The fourth-order valence-electron chi connectivity index (χ4n) is 1.97. The average Bonchev–Trinajstić information content (AvgIpc) is 2.47. The van der Waals surface area contributed by atoms with Gasteiger partial charge in [-0.15, -0.1) is 0 Å². The second-order valence-corrected chi connectivity index (χ2v) is 4.34. The van der Waals surface area contributed by atoms with E-state index < -0.39 is 5.97 Å². The predicted molar refractivity (Wildman–Crippen MR) is 72.3 cm³/mol. The van der Waals surface area contributed by atoms with E-state index in [2.05, 4.69) is 0 Å². The minimum atomic E-state index is -1.01. The Labute approximate surface area is 115 Å². The monoisotopic (exact) mass is 274 g/mol. The molecule has 5 heteroatoms. The quantitative estimate of drug-likeness (QED) is 0.681. The summed E-state index contributed by atoms with van der Waals surface area (Å²) in [5, 5.41) is 37.0. The maximum atomic E-state index is 10.8. The van der Waals surface area contributed by atoms with E-state index in [9.17, 15) is 20.1 Å². The van der Waals surface area contributed by atoms with Crippen LogP contribution in [-0.2, 0) is 13.2 Å². The van der Waals surface area contributed by atoms with Crippen LogP contribution in [0.1, 0.15) is 21.5 Å². The van der Waals surface area contributed by atoms with Crippen LogP contribution in [0.4, 0.5) is 0 Å². The van der Waals surface area contributed by atoms with Gasteiger partial charge in [-0.05, 0) is 35.4 Å². The molecule has 4 N–H and O–H groups in total. The Bertz CT molecular complexity index is 606. The number of aliphatic hydroxyl groups is 2. The van der Waals surface area contributed by atoms with Crippen molar-refractivity contribution < 1.29 is 25.2 Å². The van der Waals surface area contributed by atoms with E-state index in [-0.39, 0.29) is 24.5 Å². The Morgan fingerprint density at radius 1 is 0.900 bits per heavy atom. The van der Waals surface area contributed by atoms with Crippen LogP contribution in [-0.4, -0.2) is 26.4 Å². The summed E-state index contributed by atoms with van der Waals surface area (Å²) in [4.78, 5) is 10.8. The van der Waals surface area contributed by atoms with Crippen molar-refractivity contribution in [3.63, 3.8) is 0 Å². The van der Waals surface area contributed by atoms with Crippen LogP contribution in [0.15, 0.2) is 36.4 Å². The van der Waals surface area contributed by atoms with Crippen LogP contribution in [0.5, 0.6) is 5.75 Å². The van der Waals surface area contributed by atoms with Crippen molar-refractivity contribution in [2.45, 2.75) is 13.2 Å². The van der Waals surface area contributed by atoms with Crippen LogP contribution >= 0.6 is 0 Å². The number of carboxylic acid groups (broad SMARTS) is 1. The van der Waals surface area contributed by atoms with Crippen molar-refractivity contribution >= 4 is 5.97 Å². The zero-order valence-corrected chi connectivity index (χ0v) is 10.6. The van der Waals surface area contributed by atoms with E-state index >= 15 is 0 Å². The lowest BCUT2D eigenvalue weighted by atomic mass is 9.98. The van der Waals surface area contributed by atoms with E-state index in [4.69, 9.17) is 5.11 Å². The first-order chi connectivity index (χ1) is 9.56. The van der Waals surface area contributed by atoms with E-state index in [1.54, 1.807) is 24.3 Å². The van der Waals surface area contributed by atoms with Gasteiger partial charge in [0.1, 0.15) is 5.75 Å². The molecule has 0 bridgehead atoms. The number of carbonyl (C=O) groups is 1. The molecule has 0 spiro atoms. The molecular formula is C15H14O5. The molecule has 5 nitrogen and oxygen atoms in total. The van der Waals surface area contributed by atoms with Crippen molar-refractivity contribution in [2.75, 3.05) is 0 Å². The largest absolute Gasteiger partial charge is 0.507 e. The van der Waals surface area contributed by atoms with Crippen molar-refractivity contribution in [3.05, 3.63) is 53.1 Å². The van der Waals surface area contributed by atoms with Crippen molar-refractivity contribution in [1.82, 2.24) is 0 Å².